The van der Waals surface area contributed by atoms with Gasteiger partial charge in [-0.25, -0.2) is 4.79 Å². The molecule has 3 N–H and O–H groups in total. The Morgan fingerprint density at radius 2 is 1.89 bits per heavy atom. The van der Waals surface area contributed by atoms with Crippen molar-refractivity contribution in [2.24, 2.45) is 5.92 Å². The van der Waals surface area contributed by atoms with Gasteiger partial charge in [-0.05, 0) is 57.7 Å². The first kappa shape index (κ1) is 20.6. The molecular formula is C20H34N6O2. The number of aryl methyl sites for hydroxylation is 1. The number of nitrogens with two attached hydrogens (primary N) is 1. The van der Waals surface area contributed by atoms with Crippen molar-refractivity contribution in [2.45, 2.75) is 65.3 Å². The van der Waals surface area contributed by atoms with Gasteiger partial charge < -0.3 is 20.4 Å². The number of unbranched alkanes of at least 4 members (excludes halogenated alkanes) is 2. The molecule has 0 saturated carbocycles. The Morgan fingerprint density at radius 3 is 2.61 bits per heavy atom. The summed E-state index contributed by atoms with van der Waals surface area (Å²) in [6.07, 6.45) is 7.86. The number of nitrogens with zero attached hydrogens (tertiary/aromatic N) is 4. The van der Waals surface area contributed by atoms with Crippen LogP contribution in [0.5, 0.6) is 6.01 Å². The molecule has 0 radical (unpaired) electrons. The predicted molar refractivity (Wildman–Crippen MR) is 112 cm³/mol. The van der Waals surface area contributed by atoms with E-state index in [9.17, 15) is 4.79 Å². The molecule has 8 heteroatoms. The van der Waals surface area contributed by atoms with Gasteiger partial charge >= 0.3 is 11.7 Å². The van der Waals surface area contributed by atoms with E-state index in [4.69, 9.17) is 10.5 Å². The number of anilines is 1. The van der Waals surface area contributed by atoms with E-state index in [-0.39, 0.29) is 17.5 Å². The standard InChI is InChI=1S/C20H34N6O2/c1-3-5-10-25-11-7-15(8-12-25)9-13-26-18-16(22-20(26)27)17(21)23-19(24-18)28-14-6-4-2/h15H,3-14H2,1-2H3,(H,22,27)(H2,21,23,24). The number of nitrogen functional groups attached to an aromatic ring is 1. The number of fused-ring (bicyclic) bond motifs is 1. The minimum atomic E-state index is -0.179. The largest absolute Gasteiger partial charge is 0.463 e. The van der Waals surface area contributed by atoms with Crippen LogP contribution in [0.3, 0.4) is 0 Å². The van der Waals surface area contributed by atoms with E-state index in [2.05, 4.69) is 33.7 Å². The molecule has 0 bridgehead atoms. The second-order valence-electron chi connectivity index (χ2n) is 7.80. The lowest BCUT2D eigenvalue weighted by atomic mass is 9.93. The predicted octanol–water partition coefficient (Wildman–Crippen LogP) is 2.78. The van der Waals surface area contributed by atoms with Crippen LogP contribution in [0.15, 0.2) is 4.79 Å². The summed E-state index contributed by atoms with van der Waals surface area (Å²) in [6.45, 7) is 9.07. The summed E-state index contributed by atoms with van der Waals surface area (Å²) in [5.41, 5.74) is 6.89. The normalized spacial score (nSPS) is 16.1. The van der Waals surface area contributed by atoms with Crippen molar-refractivity contribution in [3.63, 3.8) is 0 Å². The highest BCUT2D eigenvalue weighted by atomic mass is 16.5. The number of rotatable bonds is 10. The topological polar surface area (TPSA) is 102 Å². The number of likely N-dealkylation sites (tertiary alicyclic amines) is 1. The van der Waals surface area contributed by atoms with E-state index in [1.54, 1.807) is 4.57 Å². The Hall–Kier alpha value is -2.09. The van der Waals surface area contributed by atoms with Gasteiger partial charge in [0.25, 0.3) is 0 Å². The maximum Gasteiger partial charge on any atom is 0.327 e. The van der Waals surface area contributed by atoms with Crippen LogP contribution < -0.4 is 16.2 Å². The first-order chi connectivity index (χ1) is 13.6. The molecule has 1 aliphatic heterocycles. The van der Waals surface area contributed by atoms with Gasteiger partial charge in [0.2, 0.25) is 0 Å². The molecule has 3 heterocycles. The average molecular weight is 391 g/mol. The lowest BCUT2D eigenvalue weighted by Gasteiger charge is -2.31. The highest BCUT2D eigenvalue weighted by molar-refractivity contribution is 5.81. The van der Waals surface area contributed by atoms with Gasteiger partial charge in [-0.1, -0.05) is 26.7 Å². The third-order valence-electron chi connectivity index (χ3n) is 5.66. The van der Waals surface area contributed by atoms with Gasteiger partial charge in [-0.3, -0.25) is 4.57 Å². The molecule has 1 fully saturated rings. The molecule has 2 aromatic heterocycles. The number of hydrogen-bond donors (Lipinski definition) is 2. The highest BCUT2D eigenvalue weighted by Crippen LogP contribution is 2.23. The van der Waals surface area contributed by atoms with Crippen molar-refractivity contribution < 1.29 is 4.74 Å². The average Bonchev–Trinajstić information content (AvgIpc) is 3.02. The number of piperidine rings is 1. The molecule has 0 amide bonds. The molecule has 0 unspecified atom stereocenters. The van der Waals surface area contributed by atoms with Crippen molar-refractivity contribution in [3.8, 4) is 6.01 Å². The van der Waals surface area contributed by atoms with Crippen molar-refractivity contribution in [3.05, 3.63) is 10.5 Å². The summed E-state index contributed by atoms with van der Waals surface area (Å²) >= 11 is 0. The summed E-state index contributed by atoms with van der Waals surface area (Å²) in [5, 5.41) is 0. The van der Waals surface area contributed by atoms with Crippen LogP contribution in [0.4, 0.5) is 5.82 Å². The summed E-state index contributed by atoms with van der Waals surface area (Å²) in [4.78, 5) is 26.4. The lowest BCUT2D eigenvalue weighted by Crippen LogP contribution is -2.34. The van der Waals surface area contributed by atoms with Crippen LogP contribution in [0.2, 0.25) is 0 Å². The number of aromatic nitrogens is 4. The van der Waals surface area contributed by atoms with Gasteiger partial charge in [-0.15, -0.1) is 0 Å². The number of aromatic amines is 1. The third-order valence-corrected chi connectivity index (χ3v) is 5.66. The number of ether oxygens (including phenoxy) is 1. The number of nitrogens with one attached hydrogen (secondary N) is 1. The molecule has 8 nitrogen and oxygen atoms in total. The molecule has 3 rings (SSSR count). The summed E-state index contributed by atoms with van der Waals surface area (Å²) in [7, 11) is 0. The minimum absolute atomic E-state index is 0.179. The van der Waals surface area contributed by atoms with Crippen molar-refractivity contribution >= 4 is 17.0 Å². The third kappa shape index (κ3) is 5.04. The molecule has 0 spiro atoms. The van der Waals surface area contributed by atoms with E-state index in [1.807, 2.05) is 0 Å². The quantitative estimate of drug-likeness (QED) is 0.605. The van der Waals surface area contributed by atoms with Gasteiger partial charge in [0, 0.05) is 6.54 Å². The van der Waals surface area contributed by atoms with Crippen LogP contribution in [-0.2, 0) is 6.54 Å². The molecule has 0 aliphatic carbocycles. The monoisotopic (exact) mass is 390 g/mol. The number of hydrogen-bond acceptors (Lipinski definition) is 6. The van der Waals surface area contributed by atoms with Gasteiger partial charge in [0.05, 0.1) is 6.61 Å². The maximum atomic E-state index is 12.4. The molecular weight excluding hydrogens is 356 g/mol. The fraction of sp³-hybridized carbons (Fsp3) is 0.750. The Bertz CT molecular complexity index is 807. The smallest absolute Gasteiger partial charge is 0.327 e. The maximum absolute atomic E-state index is 12.4. The Balaban J connectivity index is 1.64. The number of H-pyrrole nitrogens is 1. The molecule has 2 aromatic rings. The van der Waals surface area contributed by atoms with Crippen LogP contribution >= 0.6 is 0 Å². The second kappa shape index (κ2) is 9.91. The second-order valence-corrected chi connectivity index (χ2v) is 7.80. The molecule has 28 heavy (non-hydrogen) atoms. The summed E-state index contributed by atoms with van der Waals surface area (Å²) in [6, 6.07) is 0.246. The molecule has 0 atom stereocenters. The first-order valence-corrected chi connectivity index (χ1v) is 10.7. The van der Waals surface area contributed by atoms with Gasteiger partial charge in [0.1, 0.15) is 5.52 Å². The van der Waals surface area contributed by atoms with E-state index in [0.717, 1.165) is 32.4 Å². The Morgan fingerprint density at radius 1 is 1.14 bits per heavy atom. The fourth-order valence-electron chi connectivity index (χ4n) is 3.80. The lowest BCUT2D eigenvalue weighted by molar-refractivity contribution is 0.174. The molecule has 0 aromatic carbocycles. The minimum Gasteiger partial charge on any atom is -0.463 e. The van der Waals surface area contributed by atoms with Gasteiger partial charge in [-0.2, -0.15) is 9.97 Å². The van der Waals surface area contributed by atoms with Crippen molar-refractivity contribution in [1.82, 2.24) is 24.4 Å². The van der Waals surface area contributed by atoms with E-state index >= 15 is 0 Å². The fourth-order valence-corrected chi connectivity index (χ4v) is 3.80. The van der Waals surface area contributed by atoms with E-state index < -0.39 is 0 Å². The zero-order chi connectivity index (χ0) is 19.9. The van der Waals surface area contributed by atoms with Gasteiger partial charge in [0.15, 0.2) is 11.5 Å². The van der Waals surface area contributed by atoms with E-state index in [0.29, 0.717) is 30.2 Å². The molecule has 1 saturated heterocycles. The molecule has 1 aliphatic rings. The number of imidazole rings is 1. The Labute approximate surface area is 166 Å². The summed E-state index contributed by atoms with van der Waals surface area (Å²) in [5.74, 6) is 0.908. The van der Waals surface area contributed by atoms with E-state index in [1.165, 1.54) is 32.2 Å². The highest BCUT2D eigenvalue weighted by Gasteiger charge is 2.20. The Kier molecular flexibility index (Phi) is 7.30. The van der Waals surface area contributed by atoms with Crippen LogP contribution in [-0.4, -0.2) is 50.7 Å². The molecule has 156 valence electrons. The SMILES string of the molecule is CCCCOc1nc(N)c2[nH]c(=O)n(CCC3CCN(CCCC)CC3)c2n1. The van der Waals surface area contributed by atoms with Crippen molar-refractivity contribution in [2.75, 3.05) is 32.0 Å². The zero-order valence-electron chi connectivity index (χ0n) is 17.2. The zero-order valence-corrected chi connectivity index (χ0v) is 17.2. The van der Waals surface area contributed by atoms with Crippen LogP contribution in [0.25, 0.3) is 11.2 Å². The van der Waals surface area contributed by atoms with Crippen LogP contribution in [0.1, 0.15) is 58.8 Å². The summed E-state index contributed by atoms with van der Waals surface area (Å²) < 4.78 is 7.29. The first-order valence-electron chi connectivity index (χ1n) is 10.7. The van der Waals surface area contributed by atoms with Crippen molar-refractivity contribution in [1.29, 1.82) is 0 Å². The van der Waals surface area contributed by atoms with Crippen LogP contribution in [0, 0.1) is 5.92 Å².